The second-order valence-corrected chi connectivity index (χ2v) is 4.41. The fourth-order valence-electron chi connectivity index (χ4n) is 1.80. The van der Waals surface area contributed by atoms with E-state index < -0.39 is 24.5 Å². The van der Waals surface area contributed by atoms with Gasteiger partial charge in [0.15, 0.2) is 12.4 Å². The minimum Gasteiger partial charge on any atom is -0.466 e. The van der Waals surface area contributed by atoms with Crippen molar-refractivity contribution in [1.29, 1.82) is 0 Å². The Kier molecular flexibility index (Phi) is 3.39. The number of rotatable bonds is 3. The van der Waals surface area contributed by atoms with Gasteiger partial charge in [0.2, 0.25) is 0 Å². The number of imidazole rings is 1. The molecule has 9 heteroatoms. The second-order valence-electron chi connectivity index (χ2n) is 4.41. The fourth-order valence-corrected chi connectivity index (χ4v) is 1.80. The lowest BCUT2D eigenvalue weighted by atomic mass is 10.2. The van der Waals surface area contributed by atoms with Crippen LogP contribution in [0.25, 0.3) is 16.8 Å². The third-order valence-corrected chi connectivity index (χ3v) is 2.78. The highest BCUT2D eigenvalue weighted by atomic mass is 19.4. The van der Waals surface area contributed by atoms with E-state index in [1.54, 1.807) is 23.0 Å². The van der Waals surface area contributed by atoms with Gasteiger partial charge in [0.25, 0.3) is 5.88 Å². The first-order valence-electron chi connectivity index (χ1n) is 6.05. The summed E-state index contributed by atoms with van der Waals surface area (Å²) in [7, 11) is 0. The number of aromatic nitrogens is 4. The Hall–Kier alpha value is -2.71. The van der Waals surface area contributed by atoms with E-state index in [-0.39, 0.29) is 0 Å². The van der Waals surface area contributed by atoms with Crippen molar-refractivity contribution in [3.63, 3.8) is 0 Å². The number of hydrogen-bond donors (Lipinski definition) is 0. The average molecular weight is 312 g/mol. The number of alkyl halides is 3. The molecule has 0 aromatic carbocycles. The van der Waals surface area contributed by atoms with E-state index in [0.717, 1.165) is 11.6 Å². The maximum absolute atomic E-state index is 13.8. The molecule has 0 aliphatic rings. The Morgan fingerprint density at radius 3 is 2.64 bits per heavy atom. The van der Waals surface area contributed by atoms with Crippen molar-refractivity contribution in [2.75, 3.05) is 6.61 Å². The maximum Gasteiger partial charge on any atom is 0.422 e. The van der Waals surface area contributed by atoms with Gasteiger partial charge in [-0.05, 0) is 12.1 Å². The first kappa shape index (κ1) is 14.2. The van der Waals surface area contributed by atoms with Gasteiger partial charge < -0.3 is 4.74 Å². The van der Waals surface area contributed by atoms with Crippen LogP contribution in [0.2, 0.25) is 0 Å². The minimum absolute atomic E-state index is 0.320. The Labute approximate surface area is 121 Å². The molecule has 114 valence electrons. The summed E-state index contributed by atoms with van der Waals surface area (Å²) < 4.78 is 55.9. The summed E-state index contributed by atoms with van der Waals surface area (Å²) in [6.45, 7) is -1.60. The third kappa shape index (κ3) is 2.97. The van der Waals surface area contributed by atoms with Crippen LogP contribution >= 0.6 is 0 Å². The highest BCUT2D eigenvalue weighted by Gasteiger charge is 2.29. The smallest absolute Gasteiger partial charge is 0.422 e. The molecule has 22 heavy (non-hydrogen) atoms. The van der Waals surface area contributed by atoms with E-state index in [9.17, 15) is 17.6 Å². The molecule has 3 rings (SSSR count). The number of halogens is 4. The first-order chi connectivity index (χ1) is 10.4. The van der Waals surface area contributed by atoms with Crippen LogP contribution in [0.4, 0.5) is 17.6 Å². The SMILES string of the molecule is Fc1cc(-c2cc3cncn3cn2)cnc1OCC(F)(F)F. The predicted octanol–water partition coefficient (Wildman–Crippen LogP) is 2.87. The van der Waals surface area contributed by atoms with Crippen LogP contribution in [0, 0.1) is 5.82 Å². The lowest BCUT2D eigenvalue weighted by Crippen LogP contribution is -2.20. The summed E-state index contributed by atoms with van der Waals surface area (Å²) in [6.07, 6.45) is 1.28. The average Bonchev–Trinajstić information content (AvgIpc) is 2.92. The van der Waals surface area contributed by atoms with Crippen LogP contribution in [-0.2, 0) is 0 Å². The lowest BCUT2D eigenvalue weighted by molar-refractivity contribution is -0.154. The molecule has 0 N–H and O–H groups in total. The van der Waals surface area contributed by atoms with Gasteiger partial charge in [-0.2, -0.15) is 13.2 Å². The quantitative estimate of drug-likeness (QED) is 0.698. The van der Waals surface area contributed by atoms with Crippen LogP contribution in [0.3, 0.4) is 0 Å². The largest absolute Gasteiger partial charge is 0.466 e. The van der Waals surface area contributed by atoms with Crippen LogP contribution in [0.15, 0.2) is 37.2 Å². The third-order valence-electron chi connectivity index (χ3n) is 2.78. The standard InChI is InChI=1S/C13H8F4N4O/c14-10-1-8(3-19-12(10)22-5-13(15,16)17)11-2-9-4-18-6-21(9)7-20-11/h1-4,6-7H,5H2. The van der Waals surface area contributed by atoms with Crippen molar-refractivity contribution in [1.82, 2.24) is 19.4 Å². The second kappa shape index (κ2) is 5.24. The number of fused-ring (bicyclic) bond motifs is 1. The van der Waals surface area contributed by atoms with Crippen LogP contribution in [0.1, 0.15) is 0 Å². The Morgan fingerprint density at radius 1 is 1.09 bits per heavy atom. The molecular weight excluding hydrogens is 304 g/mol. The van der Waals surface area contributed by atoms with E-state index >= 15 is 0 Å². The summed E-state index contributed by atoms with van der Waals surface area (Å²) in [5.41, 5.74) is 1.48. The summed E-state index contributed by atoms with van der Waals surface area (Å²) in [6, 6.07) is 2.67. The molecule has 0 radical (unpaired) electrons. The monoisotopic (exact) mass is 312 g/mol. The van der Waals surface area contributed by atoms with Crippen LogP contribution in [0.5, 0.6) is 5.88 Å². The van der Waals surface area contributed by atoms with E-state index in [0.29, 0.717) is 11.3 Å². The zero-order valence-corrected chi connectivity index (χ0v) is 10.9. The lowest BCUT2D eigenvalue weighted by Gasteiger charge is -2.09. The molecule has 5 nitrogen and oxygen atoms in total. The predicted molar refractivity (Wildman–Crippen MR) is 67.7 cm³/mol. The van der Waals surface area contributed by atoms with Crippen LogP contribution in [-0.4, -0.2) is 32.1 Å². The highest BCUT2D eigenvalue weighted by molar-refractivity contribution is 5.64. The van der Waals surface area contributed by atoms with Crippen molar-refractivity contribution < 1.29 is 22.3 Å². The normalized spacial score (nSPS) is 11.8. The highest BCUT2D eigenvalue weighted by Crippen LogP contribution is 2.24. The molecule has 3 heterocycles. The number of pyridine rings is 1. The topological polar surface area (TPSA) is 52.3 Å². The molecule has 0 amide bonds. The Bertz CT molecular complexity index is 815. The van der Waals surface area contributed by atoms with Crippen LogP contribution < -0.4 is 4.74 Å². The van der Waals surface area contributed by atoms with E-state index in [2.05, 4.69) is 19.7 Å². The van der Waals surface area contributed by atoms with Gasteiger partial charge in [-0.1, -0.05) is 0 Å². The van der Waals surface area contributed by atoms with Gasteiger partial charge in [-0.25, -0.2) is 19.3 Å². The molecule has 0 unspecified atom stereocenters. The molecule has 0 saturated carbocycles. The first-order valence-corrected chi connectivity index (χ1v) is 6.05. The molecule has 0 aliphatic carbocycles. The maximum atomic E-state index is 13.8. The Balaban J connectivity index is 1.87. The van der Waals surface area contributed by atoms with Gasteiger partial charge in [0, 0.05) is 11.8 Å². The molecule has 3 aromatic heterocycles. The minimum atomic E-state index is -4.55. The van der Waals surface area contributed by atoms with Gasteiger partial charge in [-0.3, -0.25) is 4.40 Å². The molecule has 0 saturated heterocycles. The van der Waals surface area contributed by atoms with Crippen molar-refractivity contribution in [3.8, 4) is 17.1 Å². The molecule has 0 bridgehead atoms. The number of ether oxygens (including phenoxy) is 1. The van der Waals surface area contributed by atoms with Gasteiger partial charge >= 0.3 is 6.18 Å². The zero-order valence-electron chi connectivity index (χ0n) is 10.9. The zero-order chi connectivity index (χ0) is 15.7. The number of nitrogens with zero attached hydrogens (tertiary/aromatic N) is 4. The van der Waals surface area contributed by atoms with E-state index in [1.165, 1.54) is 12.5 Å². The van der Waals surface area contributed by atoms with Gasteiger partial charge in [-0.15, -0.1) is 0 Å². The number of hydrogen-bond acceptors (Lipinski definition) is 4. The summed E-state index contributed by atoms with van der Waals surface area (Å²) in [4.78, 5) is 11.6. The van der Waals surface area contributed by atoms with E-state index in [4.69, 9.17) is 0 Å². The van der Waals surface area contributed by atoms with E-state index in [1.807, 2.05) is 0 Å². The summed E-state index contributed by atoms with van der Waals surface area (Å²) in [5, 5.41) is 0. The molecule has 0 atom stereocenters. The van der Waals surface area contributed by atoms with Crippen molar-refractivity contribution >= 4 is 5.52 Å². The van der Waals surface area contributed by atoms with Gasteiger partial charge in [0.1, 0.15) is 12.7 Å². The molecule has 0 fully saturated rings. The van der Waals surface area contributed by atoms with Crippen molar-refractivity contribution in [2.24, 2.45) is 0 Å². The molecule has 3 aromatic rings. The van der Waals surface area contributed by atoms with Crippen molar-refractivity contribution in [3.05, 3.63) is 43.0 Å². The summed E-state index contributed by atoms with van der Waals surface area (Å²) in [5.74, 6) is -1.69. The fraction of sp³-hybridized carbons (Fsp3) is 0.154. The molecule has 0 aliphatic heterocycles. The van der Waals surface area contributed by atoms with Gasteiger partial charge in [0.05, 0.1) is 17.4 Å². The molecular formula is C13H8F4N4O. The summed E-state index contributed by atoms with van der Waals surface area (Å²) >= 11 is 0. The van der Waals surface area contributed by atoms with Crippen molar-refractivity contribution in [2.45, 2.75) is 6.18 Å². The Morgan fingerprint density at radius 2 is 1.91 bits per heavy atom. The molecule has 0 spiro atoms.